The zero-order valence-electron chi connectivity index (χ0n) is 11.5. The van der Waals surface area contributed by atoms with Gasteiger partial charge in [-0.25, -0.2) is 0 Å². The molecule has 0 spiro atoms. The molecule has 0 bridgehead atoms. The van der Waals surface area contributed by atoms with E-state index in [1.54, 1.807) is 24.3 Å². The van der Waals surface area contributed by atoms with Gasteiger partial charge in [-0.3, -0.25) is 4.79 Å². The molecular formula is C15H17N3O3. The van der Waals surface area contributed by atoms with E-state index < -0.39 is 6.10 Å². The SMILES string of the molecule is O=C(NC1CCCCC1O)c1ccc(-c2nnco2)cc1. The Labute approximate surface area is 122 Å². The average molecular weight is 287 g/mol. The number of benzene rings is 1. The van der Waals surface area contributed by atoms with Crippen molar-refractivity contribution < 1.29 is 14.3 Å². The molecule has 6 heteroatoms. The van der Waals surface area contributed by atoms with Gasteiger partial charge in [0.1, 0.15) is 0 Å². The van der Waals surface area contributed by atoms with E-state index in [0.717, 1.165) is 31.2 Å². The van der Waals surface area contributed by atoms with Crippen LogP contribution in [0.25, 0.3) is 11.5 Å². The Morgan fingerprint density at radius 2 is 2.00 bits per heavy atom. The predicted molar refractivity (Wildman–Crippen MR) is 75.5 cm³/mol. The Morgan fingerprint density at radius 3 is 2.67 bits per heavy atom. The van der Waals surface area contributed by atoms with E-state index in [-0.39, 0.29) is 11.9 Å². The summed E-state index contributed by atoms with van der Waals surface area (Å²) < 4.78 is 5.10. The van der Waals surface area contributed by atoms with Gasteiger partial charge in [0.25, 0.3) is 5.91 Å². The quantitative estimate of drug-likeness (QED) is 0.898. The molecule has 1 aromatic heterocycles. The molecule has 2 N–H and O–H groups in total. The summed E-state index contributed by atoms with van der Waals surface area (Å²) in [4.78, 5) is 12.2. The fraction of sp³-hybridized carbons (Fsp3) is 0.400. The second kappa shape index (κ2) is 6.05. The molecule has 1 aromatic carbocycles. The van der Waals surface area contributed by atoms with Crippen molar-refractivity contribution in [2.24, 2.45) is 0 Å². The van der Waals surface area contributed by atoms with E-state index in [0.29, 0.717) is 11.5 Å². The van der Waals surface area contributed by atoms with Crippen molar-refractivity contribution >= 4 is 5.91 Å². The van der Waals surface area contributed by atoms with Crippen molar-refractivity contribution in [2.45, 2.75) is 37.8 Å². The van der Waals surface area contributed by atoms with Crippen LogP contribution in [-0.2, 0) is 0 Å². The lowest BCUT2D eigenvalue weighted by Gasteiger charge is -2.28. The molecule has 21 heavy (non-hydrogen) atoms. The van der Waals surface area contributed by atoms with Crippen LogP contribution in [0.15, 0.2) is 35.1 Å². The molecule has 3 rings (SSSR count). The number of rotatable bonds is 3. The van der Waals surface area contributed by atoms with Gasteiger partial charge in [-0.15, -0.1) is 10.2 Å². The fourth-order valence-corrected chi connectivity index (χ4v) is 2.59. The maximum atomic E-state index is 12.2. The number of amides is 1. The normalized spacial score (nSPS) is 22.0. The van der Waals surface area contributed by atoms with Crippen LogP contribution in [-0.4, -0.2) is 33.4 Å². The van der Waals surface area contributed by atoms with Crippen LogP contribution in [0.4, 0.5) is 0 Å². The standard InChI is InChI=1S/C15H17N3O3/c19-13-4-2-1-3-12(13)17-14(20)10-5-7-11(8-6-10)15-18-16-9-21-15/h5-9,12-13,19H,1-4H2,(H,17,20). The monoisotopic (exact) mass is 287 g/mol. The number of nitrogens with zero attached hydrogens (tertiary/aromatic N) is 2. The van der Waals surface area contributed by atoms with Crippen LogP contribution in [0.5, 0.6) is 0 Å². The third-order valence-corrected chi connectivity index (χ3v) is 3.80. The van der Waals surface area contributed by atoms with E-state index in [1.165, 1.54) is 6.39 Å². The van der Waals surface area contributed by atoms with Crippen molar-refractivity contribution in [2.75, 3.05) is 0 Å². The number of aromatic nitrogens is 2. The molecule has 0 aliphatic heterocycles. The van der Waals surface area contributed by atoms with Crippen molar-refractivity contribution in [1.82, 2.24) is 15.5 Å². The van der Waals surface area contributed by atoms with Gasteiger partial charge in [0.2, 0.25) is 12.3 Å². The van der Waals surface area contributed by atoms with E-state index in [1.807, 2.05) is 0 Å². The van der Waals surface area contributed by atoms with Crippen LogP contribution in [0.1, 0.15) is 36.0 Å². The highest BCUT2D eigenvalue weighted by Gasteiger charge is 2.24. The second-order valence-electron chi connectivity index (χ2n) is 5.25. The Bertz CT molecular complexity index is 595. The van der Waals surface area contributed by atoms with Crippen LogP contribution < -0.4 is 5.32 Å². The Hall–Kier alpha value is -2.21. The third kappa shape index (κ3) is 3.11. The second-order valence-corrected chi connectivity index (χ2v) is 5.25. The summed E-state index contributed by atoms with van der Waals surface area (Å²) in [6.07, 6.45) is 4.46. The zero-order valence-corrected chi connectivity index (χ0v) is 11.5. The Balaban J connectivity index is 1.67. The van der Waals surface area contributed by atoms with Gasteiger partial charge in [-0.05, 0) is 37.1 Å². The van der Waals surface area contributed by atoms with Gasteiger partial charge >= 0.3 is 0 Å². The topological polar surface area (TPSA) is 88.2 Å². The molecule has 2 atom stereocenters. The van der Waals surface area contributed by atoms with Crippen molar-refractivity contribution in [3.63, 3.8) is 0 Å². The average Bonchev–Trinajstić information content (AvgIpc) is 3.04. The minimum Gasteiger partial charge on any atom is -0.423 e. The smallest absolute Gasteiger partial charge is 0.251 e. The first-order valence-electron chi connectivity index (χ1n) is 7.09. The molecule has 2 unspecified atom stereocenters. The van der Waals surface area contributed by atoms with Gasteiger partial charge in [-0.1, -0.05) is 12.8 Å². The molecule has 0 radical (unpaired) electrons. The molecule has 1 heterocycles. The maximum Gasteiger partial charge on any atom is 0.251 e. The number of nitrogens with one attached hydrogen (secondary N) is 1. The highest BCUT2D eigenvalue weighted by molar-refractivity contribution is 5.94. The molecule has 110 valence electrons. The molecule has 1 saturated carbocycles. The Kier molecular flexibility index (Phi) is 3.96. The summed E-state index contributed by atoms with van der Waals surface area (Å²) in [5.74, 6) is 0.252. The molecule has 6 nitrogen and oxygen atoms in total. The summed E-state index contributed by atoms with van der Waals surface area (Å²) in [6, 6.07) is 6.80. The van der Waals surface area contributed by atoms with Gasteiger partial charge in [-0.2, -0.15) is 0 Å². The molecule has 2 aromatic rings. The molecule has 1 aliphatic rings. The van der Waals surface area contributed by atoms with Crippen molar-refractivity contribution in [3.8, 4) is 11.5 Å². The first-order chi connectivity index (χ1) is 10.2. The number of aliphatic hydroxyl groups is 1. The largest absolute Gasteiger partial charge is 0.423 e. The fourth-order valence-electron chi connectivity index (χ4n) is 2.59. The highest BCUT2D eigenvalue weighted by Crippen LogP contribution is 2.20. The number of aliphatic hydroxyl groups excluding tert-OH is 1. The molecular weight excluding hydrogens is 270 g/mol. The van der Waals surface area contributed by atoms with E-state index in [2.05, 4.69) is 15.5 Å². The van der Waals surface area contributed by atoms with Crippen molar-refractivity contribution in [3.05, 3.63) is 36.2 Å². The minimum absolute atomic E-state index is 0.151. The lowest BCUT2D eigenvalue weighted by molar-refractivity contribution is 0.0717. The van der Waals surface area contributed by atoms with Gasteiger partial charge in [0.15, 0.2) is 0 Å². The summed E-state index contributed by atoms with van der Waals surface area (Å²) in [7, 11) is 0. The summed E-state index contributed by atoms with van der Waals surface area (Å²) in [5.41, 5.74) is 1.32. The predicted octanol–water partition coefficient (Wildman–Crippen LogP) is 1.77. The van der Waals surface area contributed by atoms with Crippen LogP contribution >= 0.6 is 0 Å². The lowest BCUT2D eigenvalue weighted by Crippen LogP contribution is -2.45. The summed E-state index contributed by atoms with van der Waals surface area (Å²) in [6.45, 7) is 0. The van der Waals surface area contributed by atoms with E-state index in [4.69, 9.17) is 4.42 Å². The van der Waals surface area contributed by atoms with Gasteiger partial charge < -0.3 is 14.8 Å². The maximum absolute atomic E-state index is 12.2. The molecule has 1 fully saturated rings. The van der Waals surface area contributed by atoms with E-state index >= 15 is 0 Å². The summed E-state index contributed by atoms with van der Waals surface area (Å²) >= 11 is 0. The van der Waals surface area contributed by atoms with Crippen LogP contribution in [0, 0.1) is 0 Å². The van der Waals surface area contributed by atoms with Crippen molar-refractivity contribution in [1.29, 1.82) is 0 Å². The molecule has 1 amide bonds. The number of carbonyl (C=O) groups is 1. The van der Waals surface area contributed by atoms with Crippen LogP contribution in [0.3, 0.4) is 0 Å². The van der Waals surface area contributed by atoms with Gasteiger partial charge in [0, 0.05) is 11.1 Å². The first kappa shape index (κ1) is 13.8. The number of hydrogen-bond donors (Lipinski definition) is 2. The molecule has 1 aliphatic carbocycles. The third-order valence-electron chi connectivity index (χ3n) is 3.80. The van der Waals surface area contributed by atoms with Crippen LogP contribution in [0.2, 0.25) is 0 Å². The zero-order chi connectivity index (χ0) is 14.7. The molecule has 0 saturated heterocycles. The number of hydrogen-bond acceptors (Lipinski definition) is 5. The lowest BCUT2D eigenvalue weighted by atomic mass is 9.92. The minimum atomic E-state index is -0.444. The Morgan fingerprint density at radius 1 is 1.24 bits per heavy atom. The highest BCUT2D eigenvalue weighted by atomic mass is 16.4. The van der Waals surface area contributed by atoms with E-state index in [9.17, 15) is 9.90 Å². The number of carbonyl (C=O) groups excluding carboxylic acids is 1. The van der Waals surface area contributed by atoms with Gasteiger partial charge in [0.05, 0.1) is 12.1 Å². The first-order valence-corrected chi connectivity index (χ1v) is 7.09. The summed E-state index contributed by atoms with van der Waals surface area (Å²) in [5, 5.41) is 20.2.